The second-order valence-corrected chi connectivity index (χ2v) is 5.23. The third kappa shape index (κ3) is 3.64. The smallest absolute Gasteiger partial charge is 0.367 e. The number of hydrogen-bond acceptors (Lipinski definition) is 5. The summed E-state index contributed by atoms with van der Waals surface area (Å²) >= 11 is 0.608. The molecule has 0 bridgehead atoms. The van der Waals surface area contributed by atoms with Crippen molar-refractivity contribution in [3.8, 4) is 0 Å². The summed E-state index contributed by atoms with van der Waals surface area (Å²) in [7, 11) is 0. The highest BCUT2D eigenvalue weighted by molar-refractivity contribution is 7.11. The molecule has 106 valence electrons. The van der Waals surface area contributed by atoms with Crippen LogP contribution in [0.15, 0.2) is 6.20 Å². The Morgan fingerprint density at radius 3 is 2.95 bits per heavy atom. The zero-order valence-electron chi connectivity index (χ0n) is 9.81. The summed E-state index contributed by atoms with van der Waals surface area (Å²) < 4.78 is 42.4. The van der Waals surface area contributed by atoms with E-state index in [0.717, 1.165) is 6.20 Å². The van der Waals surface area contributed by atoms with Gasteiger partial charge in [-0.05, 0) is 0 Å². The number of nitrogens with zero attached hydrogens (tertiary/aromatic N) is 2. The number of rotatable bonds is 3. The van der Waals surface area contributed by atoms with Crippen LogP contribution < -0.4 is 5.73 Å². The third-order valence-corrected chi connectivity index (χ3v) is 3.69. The first kappa shape index (κ1) is 14.2. The van der Waals surface area contributed by atoms with Crippen molar-refractivity contribution < 1.29 is 22.7 Å². The van der Waals surface area contributed by atoms with Crippen LogP contribution in [0.1, 0.15) is 9.88 Å². The van der Waals surface area contributed by atoms with Crippen LogP contribution in [0.5, 0.6) is 0 Å². The largest absolute Gasteiger partial charge is 0.427 e. The van der Waals surface area contributed by atoms with Gasteiger partial charge in [-0.2, -0.15) is 13.2 Å². The quantitative estimate of drug-likeness (QED) is 0.897. The number of carbonyl (C=O) groups excluding carboxylic acids is 1. The van der Waals surface area contributed by atoms with Crippen molar-refractivity contribution in [2.24, 2.45) is 5.73 Å². The molecule has 0 aliphatic carbocycles. The maximum absolute atomic E-state index is 12.4. The number of ether oxygens (including phenoxy) is 1. The van der Waals surface area contributed by atoms with E-state index in [9.17, 15) is 18.0 Å². The molecule has 0 spiro atoms. The minimum atomic E-state index is -4.36. The van der Waals surface area contributed by atoms with Crippen LogP contribution in [-0.2, 0) is 22.3 Å². The van der Waals surface area contributed by atoms with Gasteiger partial charge in [-0.15, -0.1) is 11.3 Å². The van der Waals surface area contributed by atoms with Crippen molar-refractivity contribution in [1.29, 1.82) is 0 Å². The van der Waals surface area contributed by atoms with E-state index in [1.165, 1.54) is 0 Å². The normalized spacial score (nSPS) is 21.5. The maximum Gasteiger partial charge on any atom is 0.427 e. The Morgan fingerprint density at radius 1 is 1.63 bits per heavy atom. The standard InChI is InChI=1S/C10H12F3N3O2S/c11-10(12,13)7-3-15-8(19-7)5-16-1-2-18-6(4-16)9(14)17/h3,6H,1-2,4-5H2,(H2,14,17). The summed E-state index contributed by atoms with van der Waals surface area (Å²) in [5.41, 5.74) is 5.13. The van der Waals surface area contributed by atoms with E-state index < -0.39 is 23.1 Å². The first-order chi connectivity index (χ1) is 8.86. The zero-order valence-corrected chi connectivity index (χ0v) is 10.6. The lowest BCUT2D eigenvalue weighted by Gasteiger charge is -2.30. The van der Waals surface area contributed by atoms with Gasteiger partial charge < -0.3 is 10.5 Å². The van der Waals surface area contributed by atoms with Crippen LogP contribution in [0.2, 0.25) is 0 Å². The molecule has 1 atom stereocenters. The van der Waals surface area contributed by atoms with Crippen molar-refractivity contribution in [1.82, 2.24) is 9.88 Å². The molecule has 1 aliphatic rings. The van der Waals surface area contributed by atoms with Crippen LogP contribution in [0, 0.1) is 0 Å². The molecule has 0 aromatic carbocycles. The van der Waals surface area contributed by atoms with Crippen LogP contribution in [0.25, 0.3) is 0 Å². The molecule has 5 nitrogen and oxygen atoms in total. The van der Waals surface area contributed by atoms with E-state index in [1.807, 2.05) is 0 Å². The number of nitrogens with two attached hydrogens (primary N) is 1. The number of aromatic nitrogens is 1. The number of halogens is 3. The van der Waals surface area contributed by atoms with Crippen molar-refractivity contribution in [3.05, 3.63) is 16.1 Å². The number of morpholine rings is 1. The number of alkyl halides is 3. The lowest BCUT2D eigenvalue weighted by Crippen LogP contribution is -2.47. The molecule has 0 radical (unpaired) electrons. The average Bonchev–Trinajstić information content (AvgIpc) is 2.77. The van der Waals surface area contributed by atoms with Gasteiger partial charge in [-0.1, -0.05) is 0 Å². The maximum atomic E-state index is 12.4. The van der Waals surface area contributed by atoms with Crippen LogP contribution in [0.4, 0.5) is 13.2 Å². The monoisotopic (exact) mass is 295 g/mol. The molecular weight excluding hydrogens is 283 g/mol. The summed E-state index contributed by atoms with van der Waals surface area (Å²) in [6, 6.07) is 0. The van der Waals surface area contributed by atoms with E-state index in [4.69, 9.17) is 10.5 Å². The first-order valence-corrected chi connectivity index (χ1v) is 6.33. The molecule has 19 heavy (non-hydrogen) atoms. The Bertz CT molecular complexity index is 463. The highest BCUT2D eigenvalue weighted by Crippen LogP contribution is 2.33. The Kier molecular flexibility index (Phi) is 4.07. The van der Waals surface area contributed by atoms with Crippen molar-refractivity contribution in [2.45, 2.75) is 18.8 Å². The summed E-state index contributed by atoms with van der Waals surface area (Å²) in [5, 5.41) is 0.359. The number of primary amides is 1. The second-order valence-electron chi connectivity index (χ2n) is 4.11. The molecule has 1 aromatic heterocycles. The summed E-state index contributed by atoms with van der Waals surface area (Å²) in [6.45, 7) is 1.39. The molecular formula is C10H12F3N3O2S. The SMILES string of the molecule is NC(=O)C1CN(Cc2ncc(C(F)(F)F)s2)CCO1. The van der Waals surface area contributed by atoms with E-state index >= 15 is 0 Å². The molecule has 2 heterocycles. The van der Waals surface area contributed by atoms with Gasteiger partial charge in [0.2, 0.25) is 5.91 Å². The van der Waals surface area contributed by atoms with Gasteiger partial charge >= 0.3 is 6.18 Å². The number of thiazole rings is 1. The van der Waals surface area contributed by atoms with Crippen LogP contribution in [0.3, 0.4) is 0 Å². The summed E-state index contributed by atoms with van der Waals surface area (Å²) in [6.07, 6.45) is -4.25. The minimum absolute atomic E-state index is 0.258. The lowest BCUT2D eigenvalue weighted by molar-refractivity contribution is -0.135. The molecule has 1 aromatic rings. The minimum Gasteiger partial charge on any atom is -0.367 e. The van der Waals surface area contributed by atoms with Crippen molar-refractivity contribution >= 4 is 17.2 Å². The zero-order chi connectivity index (χ0) is 14.0. The Hall–Kier alpha value is -1.19. The predicted octanol–water partition coefficient (Wildman–Crippen LogP) is 0.848. The fraction of sp³-hybridized carbons (Fsp3) is 0.600. The van der Waals surface area contributed by atoms with E-state index in [0.29, 0.717) is 29.5 Å². The van der Waals surface area contributed by atoms with Gasteiger partial charge in [-0.3, -0.25) is 9.69 Å². The van der Waals surface area contributed by atoms with Gasteiger partial charge in [0.05, 0.1) is 19.3 Å². The fourth-order valence-electron chi connectivity index (χ4n) is 1.72. The van der Waals surface area contributed by atoms with Gasteiger partial charge in [0.1, 0.15) is 16.0 Å². The van der Waals surface area contributed by atoms with Crippen molar-refractivity contribution in [3.63, 3.8) is 0 Å². The number of hydrogen-bond donors (Lipinski definition) is 1. The highest BCUT2D eigenvalue weighted by atomic mass is 32.1. The molecule has 9 heteroatoms. The molecule has 0 saturated carbocycles. The third-order valence-electron chi connectivity index (χ3n) is 2.66. The van der Waals surface area contributed by atoms with Gasteiger partial charge in [0.15, 0.2) is 0 Å². The topological polar surface area (TPSA) is 68.5 Å². The fourth-order valence-corrected chi connectivity index (χ4v) is 2.55. The molecule has 2 N–H and O–H groups in total. The number of amides is 1. The van der Waals surface area contributed by atoms with Crippen LogP contribution >= 0.6 is 11.3 Å². The Morgan fingerprint density at radius 2 is 2.37 bits per heavy atom. The van der Waals surface area contributed by atoms with Gasteiger partial charge in [-0.25, -0.2) is 4.98 Å². The molecule has 1 fully saturated rings. The second kappa shape index (κ2) is 5.43. The Labute approximate surface area is 111 Å². The summed E-state index contributed by atoms with van der Waals surface area (Å²) in [4.78, 5) is 15.8. The molecule has 1 aliphatic heterocycles. The first-order valence-electron chi connectivity index (χ1n) is 5.51. The molecule has 1 unspecified atom stereocenters. The van der Waals surface area contributed by atoms with E-state index in [-0.39, 0.29) is 13.1 Å². The van der Waals surface area contributed by atoms with Crippen LogP contribution in [-0.4, -0.2) is 41.6 Å². The predicted molar refractivity (Wildman–Crippen MR) is 61.3 cm³/mol. The molecule has 1 saturated heterocycles. The highest BCUT2D eigenvalue weighted by Gasteiger charge is 2.33. The van der Waals surface area contributed by atoms with Crippen molar-refractivity contribution in [2.75, 3.05) is 19.7 Å². The number of carbonyl (C=O) groups is 1. The Balaban J connectivity index is 1.97. The van der Waals surface area contributed by atoms with E-state index in [2.05, 4.69) is 4.98 Å². The summed E-state index contributed by atoms with van der Waals surface area (Å²) in [5.74, 6) is -0.570. The molecule has 1 amide bonds. The average molecular weight is 295 g/mol. The lowest BCUT2D eigenvalue weighted by atomic mass is 10.2. The molecule has 2 rings (SSSR count). The van der Waals surface area contributed by atoms with Gasteiger partial charge in [0.25, 0.3) is 0 Å². The van der Waals surface area contributed by atoms with Gasteiger partial charge in [0, 0.05) is 13.1 Å². The van der Waals surface area contributed by atoms with E-state index in [1.54, 1.807) is 4.90 Å².